The topological polar surface area (TPSA) is 55.5 Å². The zero-order valence-corrected chi connectivity index (χ0v) is 9.17. The molecule has 3 nitrogen and oxygen atoms in total. The maximum Gasteiger partial charge on any atom is 0.0671 e. The molecule has 0 radical (unpaired) electrons. The van der Waals surface area contributed by atoms with E-state index in [-0.39, 0.29) is 6.61 Å². The lowest BCUT2D eigenvalue weighted by atomic mass is 9.97. The van der Waals surface area contributed by atoms with Crippen LogP contribution in [0.1, 0.15) is 39.0 Å². The Hall–Kier alpha value is -0.120. The Labute approximate surface area is 86.6 Å². The quantitative estimate of drug-likeness (QED) is 0.582. The van der Waals surface area contributed by atoms with Gasteiger partial charge in [0, 0.05) is 6.61 Å². The Morgan fingerprint density at radius 3 is 2.64 bits per heavy atom. The average Bonchev–Trinajstić information content (AvgIpc) is 3.01. The highest BCUT2D eigenvalue weighted by Crippen LogP contribution is 2.38. The number of aliphatic hydroxyl groups is 1. The normalized spacial score (nSPS) is 20.8. The highest BCUT2D eigenvalue weighted by atomic mass is 16.5. The molecule has 3 heteroatoms. The van der Waals surface area contributed by atoms with Gasteiger partial charge in [-0.15, -0.1) is 0 Å². The summed E-state index contributed by atoms with van der Waals surface area (Å²) in [6.45, 7) is 3.51. The van der Waals surface area contributed by atoms with Crippen molar-refractivity contribution in [1.82, 2.24) is 0 Å². The van der Waals surface area contributed by atoms with Gasteiger partial charge in [0.25, 0.3) is 0 Å². The van der Waals surface area contributed by atoms with Crippen LogP contribution < -0.4 is 5.73 Å². The Bertz CT molecular complexity index is 159. The zero-order valence-electron chi connectivity index (χ0n) is 9.17. The summed E-state index contributed by atoms with van der Waals surface area (Å²) in [6.07, 6.45) is 5.81. The molecule has 1 saturated carbocycles. The van der Waals surface area contributed by atoms with Crippen LogP contribution in [0.4, 0.5) is 0 Å². The van der Waals surface area contributed by atoms with Gasteiger partial charge in [0.1, 0.15) is 0 Å². The summed E-state index contributed by atoms with van der Waals surface area (Å²) in [5.74, 6) is 0.485. The minimum atomic E-state index is -0.466. The van der Waals surface area contributed by atoms with Crippen LogP contribution in [0.25, 0.3) is 0 Å². The molecule has 0 bridgehead atoms. The largest absolute Gasteiger partial charge is 0.394 e. The number of nitrogens with two attached hydrogens (primary N) is 1. The summed E-state index contributed by atoms with van der Waals surface area (Å²) >= 11 is 0. The second kappa shape index (κ2) is 5.69. The van der Waals surface area contributed by atoms with E-state index in [1.54, 1.807) is 0 Å². The summed E-state index contributed by atoms with van der Waals surface area (Å²) in [6, 6.07) is 0. The molecule has 3 N–H and O–H groups in total. The van der Waals surface area contributed by atoms with Crippen LogP contribution in [-0.4, -0.2) is 30.5 Å². The summed E-state index contributed by atoms with van der Waals surface area (Å²) < 4.78 is 5.51. The van der Waals surface area contributed by atoms with Gasteiger partial charge in [-0.1, -0.05) is 19.8 Å². The van der Waals surface area contributed by atoms with Crippen molar-refractivity contribution in [2.75, 3.05) is 19.8 Å². The third kappa shape index (κ3) is 3.56. The molecular formula is C11H23NO2. The van der Waals surface area contributed by atoms with Gasteiger partial charge in [0.2, 0.25) is 0 Å². The van der Waals surface area contributed by atoms with E-state index in [1.807, 2.05) is 0 Å². The maximum atomic E-state index is 9.19. The van der Waals surface area contributed by atoms with Crippen LogP contribution in [0, 0.1) is 5.92 Å². The van der Waals surface area contributed by atoms with Crippen LogP contribution >= 0.6 is 0 Å². The molecule has 1 aliphatic carbocycles. The molecule has 0 aromatic carbocycles. The van der Waals surface area contributed by atoms with Gasteiger partial charge in [-0.25, -0.2) is 0 Å². The molecule has 0 heterocycles. The molecule has 1 atom stereocenters. The van der Waals surface area contributed by atoms with E-state index in [2.05, 4.69) is 6.92 Å². The standard InChI is InChI=1S/C11H23NO2/c1-2-3-4-7-14-9-11(12,8-13)10-5-6-10/h10,13H,2-9,12H2,1H3. The monoisotopic (exact) mass is 201 g/mol. The summed E-state index contributed by atoms with van der Waals surface area (Å²) in [5, 5.41) is 9.19. The lowest BCUT2D eigenvalue weighted by Gasteiger charge is -2.26. The molecule has 0 aromatic heterocycles. The van der Waals surface area contributed by atoms with E-state index in [0.717, 1.165) is 25.9 Å². The Morgan fingerprint density at radius 2 is 2.14 bits per heavy atom. The van der Waals surface area contributed by atoms with E-state index in [9.17, 15) is 5.11 Å². The fraction of sp³-hybridized carbons (Fsp3) is 1.00. The van der Waals surface area contributed by atoms with Gasteiger partial charge in [0.15, 0.2) is 0 Å². The van der Waals surface area contributed by atoms with E-state index in [0.29, 0.717) is 12.5 Å². The number of aliphatic hydroxyl groups excluding tert-OH is 1. The summed E-state index contributed by atoms with van der Waals surface area (Å²) in [4.78, 5) is 0. The lowest BCUT2D eigenvalue weighted by Crippen LogP contribution is -2.50. The molecule has 0 saturated heterocycles. The van der Waals surface area contributed by atoms with E-state index in [1.165, 1.54) is 12.8 Å². The second-order valence-electron chi connectivity index (χ2n) is 4.43. The van der Waals surface area contributed by atoms with Crippen LogP contribution in [0.15, 0.2) is 0 Å². The average molecular weight is 201 g/mol. The van der Waals surface area contributed by atoms with Crippen molar-refractivity contribution in [3.63, 3.8) is 0 Å². The maximum absolute atomic E-state index is 9.19. The van der Waals surface area contributed by atoms with Gasteiger partial charge < -0.3 is 15.6 Å². The van der Waals surface area contributed by atoms with Crippen molar-refractivity contribution in [2.45, 2.75) is 44.6 Å². The van der Waals surface area contributed by atoms with Crippen LogP contribution in [0.2, 0.25) is 0 Å². The van der Waals surface area contributed by atoms with Crippen molar-refractivity contribution >= 4 is 0 Å². The predicted molar refractivity (Wildman–Crippen MR) is 57.1 cm³/mol. The number of ether oxygens (including phenoxy) is 1. The first-order valence-corrected chi connectivity index (χ1v) is 5.70. The molecule has 0 aromatic rings. The van der Waals surface area contributed by atoms with Crippen molar-refractivity contribution in [3.8, 4) is 0 Å². The van der Waals surface area contributed by atoms with Gasteiger partial charge >= 0.3 is 0 Å². The molecule has 1 fully saturated rings. The number of hydrogen-bond acceptors (Lipinski definition) is 3. The third-order valence-electron chi connectivity index (χ3n) is 2.95. The summed E-state index contributed by atoms with van der Waals surface area (Å²) in [5.41, 5.74) is 5.58. The van der Waals surface area contributed by atoms with Crippen molar-refractivity contribution in [1.29, 1.82) is 0 Å². The van der Waals surface area contributed by atoms with Crippen LogP contribution in [0.3, 0.4) is 0 Å². The van der Waals surface area contributed by atoms with Gasteiger partial charge in [0.05, 0.1) is 18.8 Å². The SMILES string of the molecule is CCCCCOCC(N)(CO)C1CC1. The third-order valence-corrected chi connectivity index (χ3v) is 2.95. The van der Waals surface area contributed by atoms with Gasteiger partial charge in [-0.3, -0.25) is 0 Å². The smallest absolute Gasteiger partial charge is 0.0671 e. The van der Waals surface area contributed by atoms with Crippen LogP contribution in [-0.2, 0) is 4.74 Å². The molecule has 0 amide bonds. The first kappa shape index (κ1) is 12.0. The second-order valence-corrected chi connectivity index (χ2v) is 4.43. The fourth-order valence-corrected chi connectivity index (χ4v) is 1.67. The van der Waals surface area contributed by atoms with Crippen molar-refractivity contribution in [2.24, 2.45) is 11.7 Å². The highest BCUT2D eigenvalue weighted by molar-refractivity contribution is 4.98. The zero-order chi connectivity index (χ0) is 10.4. The number of rotatable bonds is 8. The van der Waals surface area contributed by atoms with Crippen molar-refractivity contribution in [3.05, 3.63) is 0 Å². The van der Waals surface area contributed by atoms with E-state index >= 15 is 0 Å². The highest BCUT2D eigenvalue weighted by Gasteiger charge is 2.41. The van der Waals surface area contributed by atoms with E-state index in [4.69, 9.17) is 10.5 Å². The summed E-state index contributed by atoms with van der Waals surface area (Å²) in [7, 11) is 0. The molecule has 1 unspecified atom stereocenters. The molecule has 1 aliphatic rings. The van der Waals surface area contributed by atoms with Gasteiger partial charge in [-0.05, 0) is 25.2 Å². The lowest BCUT2D eigenvalue weighted by molar-refractivity contribution is 0.0429. The Kier molecular flexibility index (Phi) is 4.85. The minimum absolute atomic E-state index is 0.0471. The molecular weight excluding hydrogens is 178 g/mol. The number of hydrogen-bond donors (Lipinski definition) is 2. The van der Waals surface area contributed by atoms with E-state index < -0.39 is 5.54 Å². The first-order chi connectivity index (χ1) is 6.73. The first-order valence-electron chi connectivity index (χ1n) is 5.70. The molecule has 0 spiro atoms. The number of unbranched alkanes of at least 4 members (excludes halogenated alkanes) is 2. The van der Waals surface area contributed by atoms with Gasteiger partial charge in [-0.2, -0.15) is 0 Å². The Morgan fingerprint density at radius 1 is 1.43 bits per heavy atom. The molecule has 84 valence electrons. The molecule has 14 heavy (non-hydrogen) atoms. The molecule has 1 rings (SSSR count). The van der Waals surface area contributed by atoms with Crippen molar-refractivity contribution < 1.29 is 9.84 Å². The predicted octanol–water partition coefficient (Wildman–Crippen LogP) is 1.29. The molecule has 0 aliphatic heterocycles. The Balaban J connectivity index is 2.08. The minimum Gasteiger partial charge on any atom is -0.394 e. The fourth-order valence-electron chi connectivity index (χ4n) is 1.67. The van der Waals surface area contributed by atoms with Crippen LogP contribution in [0.5, 0.6) is 0 Å².